The number of H-pyrrole nitrogens is 1. The van der Waals surface area contributed by atoms with Gasteiger partial charge in [0, 0.05) is 44.3 Å². The van der Waals surface area contributed by atoms with E-state index in [1.54, 1.807) is 23.4 Å². The first-order valence-electron chi connectivity index (χ1n) is 8.50. The molecule has 0 radical (unpaired) electrons. The molecule has 0 saturated carbocycles. The van der Waals surface area contributed by atoms with Crippen molar-refractivity contribution >= 4 is 11.9 Å². The van der Waals surface area contributed by atoms with Crippen LogP contribution in [0.2, 0.25) is 0 Å². The number of carbonyl (C=O) groups is 1. The number of pyridine rings is 1. The van der Waals surface area contributed by atoms with Crippen LogP contribution >= 0.6 is 0 Å². The Morgan fingerprint density at radius 2 is 1.76 bits per heavy atom. The molecule has 0 aliphatic carbocycles. The molecule has 0 unspecified atom stereocenters. The van der Waals surface area contributed by atoms with Gasteiger partial charge in [-0.15, -0.1) is 0 Å². The Hall–Kier alpha value is -2.70. The lowest BCUT2D eigenvalue weighted by molar-refractivity contribution is 0.0764. The molecule has 1 fully saturated rings. The van der Waals surface area contributed by atoms with Crippen LogP contribution in [0.4, 0.5) is 5.95 Å². The minimum Gasteiger partial charge on any atom is -0.339 e. The van der Waals surface area contributed by atoms with E-state index in [-0.39, 0.29) is 17.0 Å². The van der Waals surface area contributed by atoms with E-state index in [0.717, 1.165) is 29.8 Å². The van der Waals surface area contributed by atoms with E-state index in [1.807, 2.05) is 20.8 Å². The van der Waals surface area contributed by atoms with Gasteiger partial charge < -0.3 is 14.8 Å². The molecule has 0 atom stereocenters. The van der Waals surface area contributed by atoms with Crippen LogP contribution in [0.1, 0.15) is 33.6 Å². The van der Waals surface area contributed by atoms with Gasteiger partial charge >= 0.3 is 0 Å². The van der Waals surface area contributed by atoms with Crippen LogP contribution in [0, 0.1) is 20.8 Å². The maximum Gasteiger partial charge on any atom is 0.261 e. The van der Waals surface area contributed by atoms with E-state index in [9.17, 15) is 9.59 Å². The number of aromatic amines is 1. The molecule has 2 aromatic heterocycles. The lowest BCUT2D eigenvalue weighted by Gasteiger charge is -2.22. The first kappa shape index (κ1) is 17.1. The van der Waals surface area contributed by atoms with Gasteiger partial charge in [0.1, 0.15) is 5.56 Å². The van der Waals surface area contributed by atoms with Crippen LogP contribution in [0.3, 0.4) is 0 Å². The third-order valence-electron chi connectivity index (χ3n) is 4.86. The first-order valence-corrected chi connectivity index (χ1v) is 8.50. The SMILES string of the molecule is Cc1[nH]c(=O)c(C(=O)N2CCCN(c3ncccn3)CC2)c(C)c1C. The molecule has 25 heavy (non-hydrogen) atoms. The zero-order chi connectivity index (χ0) is 18.0. The predicted molar refractivity (Wildman–Crippen MR) is 96.0 cm³/mol. The predicted octanol–water partition coefficient (Wildman–Crippen LogP) is 1.44. The highest BCUT2D eigenvalue weighted by molar-refractivity contribution is 5.95. The number of nitrogens with one attached hydrogen (secondary N) is 1. The van der Waals surface area contributed by atoms with E-state index in [1.165, 1.54) is 0 Å². The van der Waals surface area contributed by atoms with Crippen molar-refractivity contribution in [3.8, 4) is 0 Å². The van der Waals surface area contributed by atoms with Crippen molar-refractivity contribution in [2.24, 2.45) is 0 Å². The Balaban J connectivity index is 1.81. The fourth-order valence-electron chi connectivity index (χ4n) is 3.16. The number of carbonyl (C=O) groups excluding carboxylic acids is 1. The molecule has 3 rings (SSSR count). The topological polar surface area (TPSA) is 82.2 Å². The summed E-state index contributed by atoms with van der Waals surface area (Å²) in [6.07, 6.45) is 4.24. The molecule has 1 aliphatic rings. The second-order valence-electron chi connectivity index (χ2n) is 6.39. The minimum absolute atomic E-state index is 0.197. The highest BCUT2D eigenvalue weighted by Gasteiger charge is 2.25. The van der Waals surface area contributed by atoms with Gasteiger partial charge in [-0.2, -0.15) is 0 Å². The summed E-state index contributed by atoms with van der Waals surface area (Å²) in [7, 11) is 0. The summed E-state index contributed by atoms with van der Waals surface area (Å²) in [5, 5.41) is 0. The molecule has 2 aromatic rings. The number of rotatable bonds is 2. The Kier molecular flexibility index (Phi) is 4.83. The van der Waals surface area contributed by atoms with Crippen molar-refractivity contribution in [1.29, 1.82) is 0 Å². The van der Waals surface area contributed by atoms with Crippen molar-refractivity contribution in [3.05, 3.63) is 51.2 Å². The molecule has 0 aromatic carbocycles. The summed E-state index contributed by atoms with van der Waals surface area (Å²) >= 11 is 0. The first-order chi connectivity index (χ1) is 12.0. The molecule has 7 nitrogen and oxygen atoms in total. The van der Waals surface area contributed by atoms with Crippen molar-refractivity contribution in [1.82, 2.24) is 19.9 Å². The average molecular weight is 341 g/mol. The smallest absolute Gasteiger partial charge is 0.261 e. The van der Waals surface area contributed by atoms with Crippen LogP contribution in [0.5, 0.6) is 0 Å². The van der Waals surface area contributed by atoms with Crippen LogP contribution in [0.15, 0.2) is 23.3 Å². The van der Waals surface area contributed by atoms with Crippen LogP contribution in [0.25, 0.3) is 0 Å². The summed E-state index contributed by atoms with van der Waals surface area (Å²) in [6, 6.07) is 1.78. The van der Waals surface area contributed by atoms with Crippen molar-refractivity contribution in [2.75, 3.05) is 31.1 Å². The van der Waals surface area contributed by atoms with Crippen LogP contribution in [-0.2, 0) is 0 Å². The molecular formula is C18H23N5O2. The van der Waals surface area contributed by atoms with E-state index in [4.69, 9.17) is 0 Å². The van der Waals surface area contributed by atoms with Crippen molar-refractivity contribution < 1.29 is 4.79 Å². The Labute approximate surface area is 146 Å². The standard InChI is InChI=1S/C18H23N5O2/c1-12-13(2)15(16(24)21-14(12)3)17(25)22-8-5-9-23(11-10-22)18-19-6-4-7-20-18/h4,6-7H,5,8-11H2,1-3H3,(H,21,24). The van der Waals surface area contributed by atoms with Gasteiger partial charge in [0.2, 0.25) is 5.95 Å². The fraction of sp³-hybridized carbons (Fsp3) is 0.444. The molecule has 0 spiro atoms. The quantitative estimate of drug-likeness (QED) is 0.894. The van der Waals surface area contributed by atoms with E-state index < -0.39 is 0 Å². The third kappa shape index (κ3) is 3.40. The molecule has 132 valence electrons. The number of aromatic nitrogens is 3. The third-order valence-corrected chi connectivity index (χ3v) is 4.86. The second kappa shape index (κ2) is 7.04. The van der Waals surface area contributed by atoms with Gasteiger partial charge in [0.05, 0.1) is 0 Å². The second-order valence-corrected chi connectivity index (χ2v) is 6.39. The number of hydrogen-bond donors (Lipinski definition) is 1. The van der Waals surface area contributed by atoms with Crippen LogP contribution < -0.4 is 10.5 Å². The summed E-state index contributed by atoms with van der Waals surface area (Å²) in [6.45, 7) is 8.22. The maximum atomic E-state index is 13.0. The molecule has 3 heterocycles. The molecule has 1 aliphatic heterocycles. The van der Waals surface area contributed by atoms with Gasteiger partial charge in [0.15, 0.2) is 0 Å². The van der Waals surface area contributed by atoms with Gasteiger partial charge in [-0.25, -0.2) is 9.97 Å². The highest BCUT2D eigenvalue weighted by Crippen LogP contribution is 2.16. The number of aryl methyl sites for hydroxylation is 1. The minimum atomic E-state index is -0.307. The Bertz CT molecular complexity index is 831. The number of anilines is 1. The summed E-state index contributed by atoms with van der Waals surface area (Å²) < 4.78 is 0. The average Bonchev–Trinajstić information content (AvgIpc) is 2.86. The Morgan fingerprint density at radius 1 is 1.04 bits per heavy atom. The lowest BCUT2D eigenvalue weighted by Crippen LogP contribution is -2.39. The molecule has 1 saturated heterocycles. The molecule has 1 amide bonds. The van der Waals surface area contributed by atoms with Gasteiger partial charge in [-0.3, -0.25) is 9.59 Å². The van der Waals surface area contributed by atoms with Gasteiger partial charge in [0.25, 0.3) is 11.5 Å². The lowest BCUT2D eigenvalue weighted by atomic mass is 10.0. The van der Waals surface area contributed by atoms with E-state index in [0.29, 0.717) is 25.6 Å². The monoisotopic (exact) mass is 341 g/mol. The van der Waals surface area contributed by atoms with E-state index >= 15 is 0 Å². The van der Waals surface area contributed by atoms with Gasteiger partial charge in [-0.1, -0.05) is 0 Å². The van der Waals surface area contributed by atoms with Crippen LogP contribution in [-0.4, -0.2) is 51.9 Å². The van der Waals surface area contributed by atoms with E-state index in [2.05, 4.69) is 19.9 Å². The fourth-order valence-corrected chi connectivity index (χ4v) is 3.16. The number of amides is 1. The maximum absolute atomic E-state index is 13.0. The normalized spacial score (nSPS) is 15.2. The van der Waals surface area contributed by atoms with Gasteiger partial charge in [-0.05, 0) is 44.4 Å². The van der Waals surface area contributed by atoms with Crippen molar-refractivity contribution in [3.63, 3.8) is 0 Å². The summed E-state index contributed by atoms with van der Waals surface area (Å²) in [5.74, 6) is 0.481. The Morgan fingerprint density at radius 3 is 2.48 bits per heavy atom. The summed E-state index contributed by atoms with van der Waals surface area (Å²) in [5.41, 5.74) is 2.48. The summed E-state index contributed by atoms with van der Waals surface area (Å²) in [4.78, 5) is 40.5. The highest BCUT2D eigenvalue weighted by atomic mass is 16.2. The molecule has 1 N–H and O–H groups in total. The zero-order valence-electron chi connectivity index (χ0n) is 14.9. The van der Waals surface area contributed by atoms with Crippen molar-refractivity contribution in [2.45, 2.75) is 27.2 Å². The molecule has 7 heteroatoms. The number of nitrogens with zero attached hydrogens (tertiary/aromatic N) is 4. The largest absolute Gasteiger partial charge is 0.339 e. The zero-order valence-corrected chi connectivity index (χ0v) is 14.9. The molecule has 0 bridgehead atoms. The molecular weight excluding hydrogens is 318 g/mol. The number of hydrogen-bond acceptors (Lipinski definition) is 5.